The van der Waals surface area contributed by atoms with Crippen molar-refractivity contribution in [1.29, 1.82) is 0 Å². The molecular weight excluding hydrogens is 346 g/mol. The summed E-state index contributed by atoms with van der Waals surface area (Å²) in [6, 6.07) is 19.1. The van der Waals surface area contributed by atoms with Gasteiger partial charge in [0, 0.05) is 18.8 Å². The van der Waals surface area contributed by atoms with Crippen LogP contribution in [0.4, 0.5) is 5.69 Å². The highest BCUT2D eigenvalue weighted by Gasteiger charge is 2.26. The monoisotopic (exact) mass is 376 g/mol. The van der Waals surface area contributed by atoms with Crippen LogP contribution < -0.4 is 9.80 Å². The first-order valence-electron chi connectivity index (χ1n) is 10.4. The molecule has 2 aliphatic heterocycles. The first-order chi connectivity index (χ1) is 13.7. The zero-order valence-corrected chi connectivity index (χ0v) is 16.7. The molecule has 4 rings (SSSR count). The maximum Gasteiger partial charge on any atom is 0.278 e. The average molecular weight is 377 g/mol. The summed E-state index contributed by atoms with van der Waals surface area (Å²) >= 11 is 0. The summed E-state index contributed by atoms with van der Waals surface area (Å²) in [7, 11) is 0. The Balaban J connectivity index is 1.27. The van der Waals surface area contributed by atoms with E-state index < -0.39 is 0 Å². The van der Waals surface area contributed by atoms with Crippen molar-refractivity contribution in [2.24, 2.45) is 0 Å². The quantitative estimate of drug-likeness (QED) is 0.884. The molecule has 0 aliphatic carbocycles. The molecule has 2 aromatic rings. The van der Waals surface area contributed by atoms with Crippen LogP contribution in [0.3, 0.4) is 0 Å². The van der Waals surface area contributed by atoms with Crippen LogP contribution in [0, 0.1) is 6.92 Å². The lowest BCUT2D eigenvalue weighted by Gasteiger charge is -2.35. The number of hydrogen-bond donors (Lipinski definition) is 1. The second-order valence-corrected chi connectivity index (χ2v) is 7.89. The molecule has 146 valence electrons. The van der Waals surface area contributed by atoms with E-state index in [2.05, 4.69) is 66.4 Å². The number of carbonyl (C=O) groups is 1. The minimum Gasteiger partial charge on any atom is -0.360 e. The fraction of sp³-hybridized carbons (Fsp3) is 0.375. The number of hydrogen-bond acceptors (Lipinski definition) is 2. The van der Waals surface area contributed by atoms with Crippen LogP contribution in [0.5, 0.6) is 0 Å². The van der Waals surface area contributed by atoms with Crippen molar-refractivity contribution in [2.45, 2.75) is 13.3 Å². The molecule has 1 fully saturated rings. The minimum absolute atomic E-state index is 0.294. The topological polar surface area (TPSA) is 28.0 Å². The smallest absolute Gasteiger partial charge is 0.278 e. The highest BCUT2D eigenvalue weighted by molar-refractivity contribution is 5.79. The molecule has 0 atom stereocenters. The van der Waals surface area contributed by atoms with Crippen molar-refractivity contribution >= 4 is 17.2 Å². The van der Waals surface area contributed by atoms with Gasteiger partial charge in [-0.3, -0.25) is 4.79 Å². The SMILES string of the molecule is Cc1ccccc1N1CC[NH+](CC(=O)N2CC=C(c3ccccc3)CC2)CC1. The molecule has 2 aliphatic rings. The van der Waals surface area contributed by atoms with Crippen LogP contribution in [0.15, 0.2) is 60.7 Å². The van der Waals surface area contributed by atoms with Crippen LogP contribution >= 0.6 is 0 Å². The van der Waals surface area contributed by atoms with E-state index >= 15 is 0 Å². The largest absolute Gasteiger partial charge is 0.360 e. The van der Waals surface area contributed by atoms with Crippen molar-refractivity contribution in [1.82, 2.24) is 4.90 Å². The van der Waals surface area contributed by atoms with Crippen molar-refractivity contribution in [3.8, 4) is 0 Å². The number of benzene rings is 2. The molecule has 28 heavy (non-hydrogen) atoms. The third-order valence-electron chi connectivity index (χ3n) is 6.03. The van der Waals surface area contributed by atoms with Crippen molar-refractivity contribution in [3.05, 3.63) is 71.8 Å². The summed E-state index contributed by atoms with van der Waals surface area (Å²) in [6.45, 7) is 8.46. The zero-order chi connectivity index (χ0) is 19.3. The number of para-hydroxylation sites is 1. The van der Waals surface area contributed by atoms with E-state index in [0.717, 1.165) is 45.7 Å². The number of nitrogens with one attached hydrogen (secondary N) is 1. The number of nitrogens with zero attached hydrogens (tertiary/aromatic N) is 2. The zero-order valence-electron chi connectivity index (χ0n) is 16.7. The van der Waals surface area contributed by atoms with Crippen LogP contribution in [0.25, 0.3) is 5.57 Å². The molecule has 1 saturated heterocycles. The molecule has 0 radical (unpaired) electrons. The fourth-order valence-corrected chi connectivity index (χ4v) is 4.29. The molecule has 2 aromatic carbocycles. The summed E-state index contributed by atoms with van der Waals surface area (Å²) in [5, 5.41) is 0. The Morgan fingerprint density at radius 2 is 1.68 bits per heavy atom. The first-order valence-corrected chi connectivity index (χ1v) is 10.4. The van der Waals surface area contributed by atoms with Gasteiger partial charge >= 0.3 is 0 Å². The molecule has 0 unspecified atom stereocenters. The number of aryl methyl sites for hydroxylation is 1. The van der Waals surface area contributed by atoms with E-state index in [0.29, 0.717) is 12.5 Å². The van der Waals surface area contributed by atoms with Gasteiger partial charge in [-0.25, -0.2) is 0 Å². The number of quaternary nitrogens is 1. The maximum absolute atomic E-state index is 12.8. The molecule has 4 heteroatoms. The molecule has 2 heterocycles. The van der Waals surface area contributed by atoms with E-state index in [1.54, 1.807) is 0 Å². The Morgan fingerprint density at radius 3 is 2.36 bits per heavy atom. The number of amides is 1. The molecule has 1 N–H and O–H groups in total. The van der Waals surface area contributed by atoms with Crippen molar-refractivity contribution in [3.63, 3.8) is 0 Å². The third-order valence-corrected chi connectivity index (χ3v) is 6.03. The maximum atomic E-state index is 12.8. The van der Waals surface area contributed by atoms with E-state index in [-0.39, 0.29) is 0 Å². The molecule has 1 amide bonds. The van der Waals surface area contributed by atoms with E-state index in [9.17, 15) is 4.79 Å². The fourth-order valence-electron chi connectivity index (χ4n) is 4.29. The summed E-state index contributed by atoms with van der Waals surface area (Å²) in [6.07, 6.45) is 3.17. The Bertz CT molecular complexity index is 838. The summed E-state index contributed by atoms with van der Waals surface area (Å²) in [4.78, 5) is 18.7. The summed E-state index contributed by atoms with van der Waals surface area (Å²) in [5.41, 5.74) is 5.32. The third kappa shape index (κ3) is 4.28. The average Bonchev–Trinajstić information content (AvgIpc) is 2.75. The molecule has 0 spiro atoms. The van der Waals surface area contributed by atoms with Gasteiger partial charge in [0.15, 0.2) is 6.54 Å². The lowest BCUT2D eigenvalue weighted by Crippen LogP contribution is -3.16. The van der Waals surface area contributed by atoms with Gasteiger partial charge in [-0.2, -0.15) is 0 Å². The van der Waals surface area contributed by atoms with Gasteiger partial charge in [-0.1, -0.05) is 54.6 Å². The van der Waals surface area contributed by atoms with Crippen molar-refractivity contribution in [2.75, 3.05) is 50.7 Å². The predicted octanol–water partition coefficient (Wildman–Crippen LogP) is 2.02. The number of piperazine rings is 1. The molecule has 0 bridgehead atoms. The Labute approximate surface area is 168 Å². The van der Waals surface area contributed by atoms with E-state index in [1.807, 2.05) is 11.0 Å². The van der Waals surface area contributed by atoms with Gasteiger partial charge in [0.25, 0.3) is 5.91 Å². The number of anilines is 1. The standard InChI is InChI=1S/C24H29N3O/c1-20-7-5-6-10-23(20)26-17-15-25(16-18-26)19-24(28)27-13-11-22(12-14-27)21-8-3-2-4-9-21/h2-11H,12-19H2,1H3/p+1. The highest BCUT2D eigenvalue weighted by Crippen LogP contribution is 2.22. The Hall–Kier alpha value is -2.59. The second kappa shape index (κ2) is 8.61. The molecular formula is C24H30N3O+. The lowest BCUT2D eigenvalue weighted by atomic mass is 9.99. The van der Waals surface area contributed by atoms with Gasteiger partial charge in [0.2, 0.25) is 0 Å². The minimum atomic E-state index is 0.294. The molecule has 0 aromatic heterocycles. The van der Waals surface area contributed by atoms with Gasteiger partial charge in [0.1, 0.15) is 0 Å². The van der Waals surface area contributed by atoms with Gasteiger partial charge in [-0.05, 0) is 36.1 Å². The molecule has 4 nitrogen and oxygen atoms in total. The van der Waals surface area contributed by atoms with E-state index in [1.165, 1.54) is 27.3 Å². The van der Waals surface area contributed by atoms with Crippen LogP contribution in [-0.4, -0.2) is 56.6 Å². The normalized spacial score (nSPS) is 18.1. The lowest BCUT2D eigenvalue weighted by molar-refractivity contribution is -0.892. The summed E-state index contributed by atoms with van der Waals surface area (Å²) < 4.78 is 0. The Morgan fingerprint density at radius 1 is 0.964 bits per heavy atom. The van der Waals surface area contributed by atoms with Gasteiger partial charge < -0.3 is 14.7 Å². The van der Waals surface area contributed by atoms with Gasteiger partial charge in [0.05, 0.1) is 26.2 Å². The van der Waals surface area contributed by atoms with Crippen molar-refractivity contribution < 1.29 is 9.69 Å². The van der Waals surface area contributed by atoms with Crippen LogP contribution in [-0.2, 0) is 4.79 Å². The second-order valence-electron chi connectivity index (χ2n) is 7.89. The number of carbonyl (C=O) groups excluding carboxylic acids is 1. The molecule has 0 saturated carbocycles. The number of rotatable bonds is 4. The predicted molar refractivity (Wildman–Crippen MR) is 115 cm³/mol. The van der Waals surface area contributed by atoms with E-state index in [4.69, 9.17) is 0 Å². The first kappa shape index (κ1) is 18.8. The summed E-state index contributed by atoms with van der Waals surface area (Å²) in [5.74, 6) is 0.294. The van der Waals surface area contributed by atoms with Gasteiger partial charge in [-0.15, -0.1) is 0 Å². The highest BCUT2D eigenvalue weighted by atomic mass is 16.2. The Kier molecular flexibility index (Phi) is 5.77. The van der Waals surface area contributed by atoms with Crippen LogP contribution in [0.2, 0.25) is 0 Å². The van der Waals surface area contributed by atoms with Crippen LogP contribution in [0.1, 0.15) is 17.5 Å².